The van der Waals surface area contributed by atoms with E-state index >= 15 is 0 Å². The molecule has 0 N–H and O–H groups in total. The molecule has 0 aliphatic carbocycles. The van der Waals surface area contributed by atoms with Gasteiger partial charge < -0.3 is 9.30 Å². The SMILES string of the molecule is C1CCOCC1.Cc1nc2ncnc(-c3ccc(F)cc3F)c2nc1C.Cn1ccccc1=O. The van der Waals surface area contributed by atoms with E-state index < -0.39 is 11.6 Å². The van der Waals surface area contributed by atoms with Gasteiger partial charge in [-0.25, -0.2) is 28.7 Å². The molecule has 4 heterocycles. The minimum absolute atomic E-state index is 0.0347. The quantitative estimate of drug-likeness (QED) is 0.408. The van der Waals surface area contributed by atoms with Crippen molar-refractivity contribution in [2.24, 2.45) is 7.05 Å². The van der Waals surface area contributed by atoms with Crippen molar-refractivity contribution >= 4 is 11.2 Å². The summed E-state index contributed by atoms with van der Waals surface area (Å²) in [5.41, 5.74) is 2.78. The summed E-state index contributed by atoms with van der Waals surface area (Å²) < 4.78 is 33.5. The van der Waals surface area contributed by atoms with Crippen molar-refractivity contribution in [1.82, 2.24) is 24.5 Å². The highest BCUT2D eigenvalue weighted by Crippen LogP contribution is 2.26. The fraction of sp³-hybridized carbons (Fsp3) is 0.320. The second kappa shape index (κ2) is 12.0. The van der Waals surface area contributed by atoms with Crippen LogP contribution in [0.2, 0.25) is 0 Å². The van der Waals surface area contributed by atoms with Crippen LogP contribution in [-0.4, -0.2) is 37.7 Å². The molecule has 1 saturated heterocycles. The Morgan fingerprint density at radius 2 is 1.68 bits per heavy atom. The third kappa shape index (κ3) is 6.71. The van der Waals surface area contributed by atoms with Crippen LogP contribution in [0.1, 0.15) is 30.7 Å². The van der Waals surface area contributed by atoms with Gasteiger partial charge in [0.15, 0.2) is 5.65 Å². The number of halogens is 2. The van der Waals surface area contributed by atoms with Crippen LogP contribution < -0.4 is 5.56 Å². The summed E-state index contributed by atoms with van der Waals surface area (Å²) in [6.07, 6.45) is 6.95. The molecule has 0 amide bonds. The summed E-state index contributed by atoms with van der Waals surface area (Å²) in [6, 6.07) is 8.41. The van der Waals surface area contributed by atoms with Gasteiger partial charge in [0.25, 0.3) is 0 Å². The highest BCUT2D eigenvalue weighted by molar-refractivity contribution is 5.86. The van der Waals surface area contributed by atoms with E-state index in [9.17, 15) is 13.6 Å². The Balaban J connectivity index is 0.000000188. The molecular weight excluding hydrogens is 440 g/mol. The number of ether oxygens (including phenoxy) is 1. The summed E-state index contributed by atoms with van der Waals surface area (Å²) in [5.74, 6) is -1.33. The second-order valence-corrected chi connectivity index (χ2v) is 7.74. The number of benzene rings is 1. The zero-order valence-corrected chi connectivity index (χ0v) is 19.5. The Morgan fingerprint density at radius 3 is 2.24 bits per heavy atom. The third-order valence-corrected chi connectivity index (χ3v) is 5.15. The van der Waals surface area contributed by atoms with Crippen LogP contribution in [0, 0.1) is 25.5 Å². The van der Waals surface area contributed by atoms with Gasteiger partial charge in [-0.1, -0.05) is 6.07 Å². The van der Waals surface area contributed by atoms with Crippen molar-refractivity contribution < 1.29 is 13.5 Å². The maximum Gasteiger partial charge on any atom is 0.250 e. The first-order valence-electron chi connectivity index (χ1n) is 11.0. The van der Waals surface area contributed by atoms with Gasteiger partial charge in [-0.05, 0) is 51.3 Å². The van der Waals surface area contributed by atoms with Crippen molar-refractivity contribution in [1.29, 1.82) is 0 Å². The number of pyridine rings is 1. The van der Waals surface area contributed by atoms with Crippen LogP contribution in [0.25, 0.3) is 22.4 Å². The summed E-state index contributed by atoms with van der Waals surface area (Å²) in [7, 11) is 1.72. The average Bonchev–Trinajstić information content (AvgIpc) is 2.84. The van der Waals surface area contributed by atoms with Gasteiger partial charge in [0.1, 0.15) is 29.2 Å². The van der Waals surface area contributed by atoms with Gasteiger partial charge in [-0.2, -0.15) is 0 Å². The Labute approximate surface area is 196 Å². The molecule has 178 valence electrons. The number of nitrogens with zero attached hydrogens (tertiary/aromatic N) is 5. The van der Waals surface area contributed by atoms with E-state index in [2.05, 4.69) is 19.9 Å². The first-order chi connectivity index (χ1) is 16.4. The minimum atomic E-state index is -0.690. The van der Waals surface area contributed by atoms with Crippen LogP contribution >= 0.6 is 0 Å². The molecule has 9 heteroatoms. The first kappa shape index (κ1) is 25.0. The van der Waals surface area contributed by atoms with E-state index in [0.717, 1.165) is 30.7 Å². The van der Waals surface area contributed by atoms with E-state index in [1.54, 1.807) is 26.2 Å². The fourth-order valence-electron chi connectivity index (χ4n) is 3.12. The molecule has 0 unspecified atom stereocenters. The standard InChI is InChI=1S/C14H10F2N4.C6H7NO.C5H10O/c1-7-8(2)20-14-13(19-7)12(17-6-18-14)10-4-3-9(15)5-11(10)16;1-7-5-3-2-4-6(7)8;1-2-4-6-5-3-1/h3-6H,1-2H3;2-5H,1H3;1-5H2. The Morgan fingerprint density at radius 1 is 0.941 bits per heavy atom. The molecule has 1 aliphatic heterocycles. The topological polar surface area (TPSA) is 82.8 Å². The van der Waals surface area contributed by atoms with Crippen LogP contribution in [0.3, 0.4) is 0 Å². The number of hydrogen-bond acceptors (Lipinski definition) is 6. The lowest BCUT2D eigenvalue weighted by atomic mass is 10.1. The molecule has 0 radical (unpaired) electrons. The number of hydrogen-bond donors (Lipinski definition) is 0. The third-order valence-electron chi connectivity index (χ3n) is 5.15. The number of aryl methyl sites for hydroxylation is 3. The normalized spacial score (nSPS) is 12.9. The van der Waals surface area contributed by atoms with Crippen molar-refractivity contribution in [3.63, 3.8) is 0 Å². The maximum absolute atomic E-state index is 13.9. The lowest BCUT2D eigenvalue weighted by Gasteiger charge is -2.08. The molecule has 3 aromatic heterocycles. The summed E-state index contributed by atoms with van der Waals surface area (Å²) in [4.78, 5) is 27.3. The fourth-order valence-corrected chi connectivity index (χ4v) is 3.12. The number of aromatic nitrogens is 5. The zero-order valence-electron chi connectivity index (χ0n) is 19.5. The largest absolute Gasteiger partial charge is 0.381 e. The van der Waals surface area contributed by atoms with E-state index in [4.69, 9.17) is 4.74 Å². The van der Waals surface area contributed by atoms with Gasteiger partial charge in [0.05, 0.1) is 11.4 Å². The van der Waals surface area contributed by atoms with Gasteiger partial charge in [-0.15, -0.1) is 0 Å². The zero-order chi connectivity index (χ0) is 24.5. The van der Waals surface area contributed by atoms with Crippen LogP contribution in [0.4, 0.5) is 8.78 Å². The van der Waals surface area contributed by atoms with E-state index in [1.807, 2.05) is 13.0 Å². The second-order valence-electron chi connectivity index (χ2n) is 7.74. The molecule has 1 aromatic carbocycles. The van der Waals surface area contributed by atoms with Gasteiger partial charge in [0, 0.05) is 44.2 Å². The van der Waals surface area contributed by atoms with Crippen LogP contribution in [0.5, 0.6) is 0 Å². The summed E-state index contributed by atoms with van der Waals surface area (Å²) in [6.45, 7) is 5.63. The molecule has 1 aliphatic rings. The predicted octanol–water partition coefficient (Wildman–Crippen LogP) is 4.55. The molecule has 0 spiro atoms. The summed E-state index contributed by atoms with van der Waals surface area (Å²) in [5, 5.41) is 0. The van der Waals surface area contributed by atoms with E-state index in [-0.39, 0.29) is 11.1 Å². The Bertz CT molecular complexity index is 1290. The maximum atomic E-state index is 13.9. The Hall–Kier alpha value is -3.59. The van der Waals surface area contributed by atoms with Gasteiger partial charge in [0.2, 0.25) is 5.56 Å². The summed E-state index contributed by atoms with van der Waals surface area (Å²) >= 11 is 0. The van der Waals surface area contributed by atoms with Crippen molar-refractivity contribution in [3.8, 4) is 11.3 Å². The molecule has 0 bridgehead atoms. The molecule has 5 rings (SSSR count). The van der Waals surface area contributed by atoms with Gasteiger partial charge in [-0.3, -0.25) is 4.79 Å². The number of rotatable bonds is 1. The molecule has 4 aromatic rings. The molecule has 7 nitrogen and oxygen atoms in total. The molecule has 0 saturated carbocycles. The van der Waals surface area contributed by atoms with Gasteiger partial charge >= 0.3 is 0 Å². The van der Waals surface area contributed by atoms with E-state index in [1.165, 1.54) is 48.4 Å². The lowest BCUT2D eigenvalue weighted by Crippen LogP contribution is -2.12. The number of fused-ring (bicyclic) bond motifs is 1. The monoisotopic (exact) mass is 467 g/mol. The molecular formula is C25H27F2N5O2. The first-order valence-corrected chi connectivity index (χ1v) is 11.0. The van der Waals surface area contributed by atoms with Crippen molar-refractivity contribution in [2.75, 3.05) is 13.2 Å². The predicted molar refractivity (Wildman–Crippen MR) is 126 cm³/mol. The molecule has 0 atom stereocenters. The van der Waals surface area contributed by atoms with Crippen molar-refractivity contribution in [3.05, 3.63) is 82.3 Å². The molecule has 1 fully saturated rings. The smallest absolute Gasteiger partial charge is 0.250 e. The average molecular weight is 468 g/mol. The van der Waals surface area contributed by atoms with E-state index in [0.29, 0.717) is 16.9 Å². The molecule has 34 heavy (non-hydrogen) atoms. The minimum Gasteiger partial charge on any atom is -0.381 e. The van der Waals surface area contributed by atoms with Crippen LogP contribution in [0.15, 0.2) is 53.7 Å². The lowest BCUT2D eigenvalue weighted by molar-refractivity contribution is 0.0968. The van der Waals surface area contributed by atoms with Crippen molar-refractivity contribution in [2.45, 2.75) is 33.1 Å². The highest BCUT2D eigenvalue weighted by Gasteiger charge is 2.14. The highest BCUT2D eigenvalue weighted by atomic mass is 19.1. The van der Waals surface area contributed by atoms with Crippen LogP contribution in [-0.2, 0) is 11.8 Å². The Kier molecular flexibility index (Phi) is 8.86.